The van der Waals surface area contributed by atoms with Crippen LogP contribution in [0.3, 0.4) is 0 Å². The molecule has 206 valence electrons. The fourth-order valence-electron chi connectivity index (χ4n) is 6.39. The maximum atomic E-state index is 13.0. The molecule has 7 heteroatoms. The van der Waals surface area contributed by atoms with Gasteiger partial charge in [0.15, 0.2) is 15.1 Å². The first-order valence-corrected chi connectivity index (χ1v) is 16.4. The average molecular weight is 539 g/mol. The van der Waals surface area contributed by atoms with E-state index in [1.54, 1.807) is 19.2 Å². The predicted octanol–water partition coefficient (Wildman–Crippen LogP) is 7.02. The minimum atomic E-state index is -2.00. The van der Waals surface area contributed by atoms with Crippen molar-refractivity contribution in [2.45, 2.75) is 69.9 Å². The summed E-state index contributed by atoms with van der Waals surface area (Å²) in [6.45, 7) is 11.7. The third-order valence-electron chi connectivity index (χ3n) is 8.73. The van der Waals surface area contributed by atoms with Crippen molar-refractivity contribution in [2.24, 2.45) is 11.8 Å². The van der Waals surface area contributed by atoms with Gasteiger partial charge in [-0.15, -0.1) is 0 Å². The van der Waals surface area contributed by atoms with Gasteiger partial charge in [-0.1, -0.05) is 45.5 Å². The molecule has 0 radical (unpaired) electrons. The van der Waals surface area contributed by atoms with Crippen LogP contribution in [0.1, 0.15) is 50.4 Å². The Bertz CT molecular complexity index is 1060. The smallest absolute Gasteiger partial charge is 0.338 e. The van der Waals surface area contributed by atoms with Gasteiger partial charge in [-0.3, -0.25) is 0 Å². The van der Waals surface area contributed by atoms with Crippen molar-refractivity contribution in [1.29, 1.82) is 0 Å². The zero-order valence-electron chi connectivity index (χ0n) is 23.2. The number of fused-ring (bicyclic) bond motifs is 2. The zero-order valence-corrected chi connectivity index (χ0v) is 24.2. The number of ether oxygens (including phenoxy) is 4. The van der Waals surface area contributed by atoms with Gasteiger partial charge in [-0.2, -0.15) is 0 Å². The minimum Gasteiger partial charge on any atom is -0.497 e. The van der Waals surface area contributed by atoms with Crippen LogP contribution in [0.15, 0.2) is 66.7 Å². The summed E-state index contributed by atoms with van der Waals surface area (Å²) < 4.78 is 30.5. The van der Waals surface area contributed by atoms with Crippen LogP contribution in [-0.2, 0) is 13.9 Å². The van der Waals surface area contributed by atoms with Gasteiger partial charge in [0.25, 0.3) is 0 Å². The molecule has 2 aromatic rings. The predicted molar refractivity (Wildman–Crippen MR) is 151 cm³/mol. The lowest BCUT2D eigenvalue weighted by molar-refractivity contribution is -0.0217. The third kappa shape index (κ3) is 5.70. The first kappa shape index (κ1) is 28.4. The summed E-state index contributed by atoms with van der Waals surface area (Å²) in [5.74, 6) is 1.56. The highest BCUT2D eigenvalue weighted by molar-refractivity contribution is 6.73. The van der Waals surface area contributed by atoms with Gasteiger partial charge in [0.1, 0.15) is 17.6 Å². The number of carbonyl (C=O) groups excluding carboxylic acids is 1. The average Bonchev–Trinajstić information content (AvgIpc) is 3.46. The quantitative estimate of drug-likeness (QED) is 0.0847. The van der Waals surface area contributed by atoms with Crippen molar-refractivity contribution in [3.8, 4) is 11.5 Å². The molecule has 6 nitrogen and oxygen atoms in total. The molecular formula is C31H42O6Si. The Morgan fingerprint density at radius 1 is 0.974 bits per heavy atom. The Morgan fingerprint density at radius 2 is 1.63 bits per heavy atom. The van der Waals surface area contributed by atoms with Gasteiger partial charge in [0.05, 0.1) is 24.9 Å². The molecule has 4 atom stereocenters. The summed E-state index contributed by atoms with van der Waals surface area (Å²) >= 11 is 0. The number of methoxy groups -OCH3 is 1. The molecule has 0 N–H and O–H groups in total. The van der Waals surface area contributed by atoms with Gasteiger partial charge in [0, 0.05) is 5.92 Å². The van der Waals surface area contributed by atoms with Gasteiger partial charge in [-0.25, -0.2) is 4.79 Å². The minimum absolute atomic E-state index is 0.0790. The molecule has 0 amide bonds. The summed E-state index contributed by atoms with van der Waals surface area (Å²) in [4.78, 5) is 13.0. The fraction of sp³-hybridized carbons (Fsp3) is 0.516. The van der Waals surface area contributed by atoms with Crippen LogP contribution in [0.4, 0.5) is 0 Å². The summed E-state index contributed by atoms with van der Waals surface area (Å²) in [7, 11) is -0.366. The van der Waals surface area contributed by atoms with Gasteiger partial charge in [-0.05, 0) is 85.3 Å². The van der Waals surface area contributed by atoms with Gasteiger partial charge >= 0.3 is 5.97 Å². The SMILES string of the molecule is C=C(COCOc1ccc(OC)cc1)[C@@]1(O[Si](CC)(CC)CC)[C@@H]2CC[C@H]1[C@@H](OC(=O)c1ccccc1)C2. The molecule has 4 rings (SSSR count). The first-order valence-electron chi connectivity index (χ1n) is 13.9. The lowest BCUT2D eigenvalue weighted by Crippen LogP contribution is -2.52. The van der Waals surface area contributed by atoms with Crippen molar-refractivity contribution in [3.05, 3.63) is 72.3 Å². The van der Waals surface area contributed by atoms with Gasteiger partial charge < -0.3 is 23.4 Å². The summed E-state index contributed by atoms with van der Waals surface area (Å²) in [6, 6.07) is 19.8. The number of esters is 1. The second-order valence-corrected chi connectivity index (χ2v) is 15.1. The molecule has 38 heavy (non-hydrogen) atoms. The van der Waals surface area contributed by atoms with E-state index in [0.717, 1.165) is 48.7 Å². The Morgan fingerprint density at radius 3 is 2.26 bits per heavy atom. The molecule has 2 aliphatic rings. The van der Waals surface area contributed by atoms with E-state index in [1.807, 2.05) is 42.5 Å². The molecule has 0 spiro atoms. The summed E-state index contributed by atoms with van der Waals surface area (Å²) in [5, 5.41) is 0. The number of hydrogen-bond acceptors (Lipinski definition) is 6. The second-order valence-electron chi connectivity index (χ2n) is 10.5. The molecule has 2 bridgehead atoms. The molecule has 2 aliphatic carbocycles. The lowest BCUT2D eigenvalue weighted by Gasteiger charge is -2.45. The van der Waals surface area contributed by atoms with Crippen molar-refractivity contribution in [3.63, 3.8) is 0 Å². The van der Waals surface area contributed by atoms with E-state index in [4.69, 9.17) is 23.4 Å². The monoisotopic (exact) mass is 538 g/mol. The van der Waals surface area contributed by atoms with E-state index >= 15 is 0 Å². The summed E-state index contributed by atoms with van der Waals surface area (Å²) in [5.41, 5.74) is 0.989. The molecule has 0 heterocycles. The third-order valence-corrected chi connectivity index (χ3v) is 13.4. The van der Waals surface area contributed by atoms with E-state index in [2.05, 4.69) is 27.4 Å². The van der Waals surface area contributed by atoms with Crippen LogP contribution in [-0.4, -0.2) is 46.5 Å². The number of rotatable bonds is 14. The maximum absolute atomic E-state index is 13.0. The van der Waals surface area contributed by atoms with Crippen LogP contribution in [0.2, 0.25) is 18.1 Å². The highest BCUT2D eigenvalue weighted by atomic mass is 28.4. The highest BCUT2D eigenvalue weighted by Gasteiger charge is 2.64. The van der Waals surface area contributed by atoms with Crippen LogP contribution >= 0.6 is 0 Å². The summed E-state index contributed by atoms with van der Waals surface area (Å²) in [6.07, 6.45) is 2.62. The molecule has 2 saturated carbocycles. The largest absolute Gasteiger partial charge is 0.497 e. The molecule has 0 unspecified atom stereocenters. The molecular weight excluding hydrogens is 496 g/mol. The molecule has 2 aromatic carbocycles. The number of carbonyl (C=O) groups is 1. The van der Waals surface area contributed by atoms with E-state index in [0.29, 0.717) is 17.9 Å². The van der Waals surface area contributed by atoms with E-state index in [-0.39, 0.29) is 30.7 Å². The van der Waals surface area contributed by atoms with Crippen LogP contribution < -0.4 is 9.47 Å². The van der Waals surface area contributed by atoms with Crippen molar-refractivity contribution >= 4 is 14.3 Å². The molecule has 0 aliphatic heterocycles. The molecule has 0 aromatic heterocycles. The van der Waals surface area contributed by atoms with Crippen LogP contribution in [0.5, 0.6) is 11.5 Å². The Labute approximate surface area is 228 Å². The zero-order chi connectivity index (χ0) is 27.2. The standard InChI is InChI=1S/C31H42O6Si/c1-6-38(7-2,8-3)37-31(23(4)21-34-22-35-27-17-15-26(33-5)16-18-27)25-14-19-28(31)29(20-25)36-30(32)24-12-10-9-11-13-24/h9-13,15-18,25,28-29H,4,6-8,14,19-22H2,1-3,5H3/t25-,28+,29+,31-/m1/s1. The number of benzene rings is 2. The van der Waals surface area contributed by atoms with Crippen molar-refractivity contribution < 1.29 is 28.2 Å². The normalized spacial score (nSPS) is 24.3. The fourth-order valence-corrected chi connectivity index (χ4v) is 9.50. The van der Waals surface area contributed by atoms with E-state index in [1.165, 1.54) is 0 Å². The lowest BCUT2D eigenvalue weighted by atomic mass is 9.84. The highest BCUT2D eigenvalue weighted by Crippen LogP contribution is 2.59. The Kier molecular flexibility index (Phi) is 9.34. The Hall–Kier alpha value is -2.61. The molecule has 0 saturated heterocycles. The van der Waals surface area contributed by atoms with E-state index < -0.39 is 13.9 Å². The van der Waals surface area contributed by atoms with Crippen LogP contribution in [0.25, 0.3) is 0 Å². The first-order chi connectivity index (χ1) is 18.4. The van der Waals surface area contributed by atoms with Crippen molar-refractivity contribution in [2.75, 3.05) is 20.5 Å². The topological polar surface area (TPSA) is 63.2 Å². The van der Waals surface area contributed by atoms with Gasteiger partial charge in [0.2, 0.25) is 0 Å². The van der Waals surface area contributed by atoms with Crippen molar-refractivity contribution in [1.82, 2.24) is 0 Å². The second kappa shape index (κ2) is 12.5. The van der Waals surface area contributed by atoms with E-state index in [9.17, 15) is 4.79 Å². The maximum Gasteiger partial charge on any atom is 0.338 e. The molecule has 2 fully saturated rings. The van der Waals surface area contributed by atoms with Crippen LogP contribution in [0, 0.1) is 11.8 Å². The number of hydrogen-bond donors (Lipinski definition) is 0. The Balaban J connectivity index is 1.49.